The molecule has 1 aromatic heterocycles. The molecule has 2 atom stereocenters. The monoisotopic (exact) mass is 232 g/mol. The Hall–Kier alpha value is -1.16. The number of fused-ring (bicyclic) bond motifs is 1. The predicted molar refractivity (Wildman–Crippen MR) is 66.5 cm³/mol. The lowest BCUT2D eigenvalue weighted by molar-refractivity contribution is 0.322. The van der Waals surface area contributed by atoms with Crippen molar-refractivity contribution in [1.29, 1.82) is 0 Å². The third-order valence-electron chi connectivity index (χ3n) is 3.89. The molecule has 1 aromatic rings. The first-order valence-electron chi connectivity index (χ1n) is 6.62. The van der Waals surface area contributed by atoms with Gasteiger partial charge in [0.05, 0.1) is 6.04 Å². The molecule has 0 amide bonds. The molecule has 3 rings (SSSR count). The largest absolute Gasteiger partial charge is 0.304 e. The van der Waals surface area contributed by atoms with Gasteiger partial charge in [0.25, 0.3) is 0 Å². The maximum Gasteiger partial charge on any atom is 0.143 e. The quantitative estimate of drug-likeness (QED) is 0.795. The highest BCUT2D eigenvalue weighted by Crippen LogP contribution is 2.25. The van der Waals surface area contributed by atoms with E-state index in [1.165, 1.54) is 31.3 Å². The van der Waals surface area contributed by atoms with Crippen molar-refractivity contribution in [3.05, 3.63) is 23.8 Å². The van der Waals surface area contributed by atoms with Crippen LogP contribution in [0.1, 0.15) is 50.9 Å². The molecule has 0 spiro atoms. The molecule has 2 heterocycles. The Morgan fingerprint density at radius 1 is 1.41 bits per heavy atom. The number of hydrogen-bond acceptors (Lipinski definition) is 3. The van der Waals surface area contributed by atoms with E-state index >= 15 is 0 Å². The fourth-order valence-electron chi connectivity index (χ4n) is 2.85. The summed E-state index contributed by atoms with van der Waals surface area (Å²) in [5.74, 6) is 1.13. The van der Waals surface area contributed by atoms with Crippen LogP contribution in [-0.4, -0.2) is 20.8 Å². The van der Waals surface area contributed by atoms with Crippen molar-refractivity contribution in [1.82, 2.24) is 20.1 Å². The number of nitrogens with one attached hydrogen (secondary N) is 1. The molecule has 92 valence electrons. The van der Waals surface area contributed by atoms with Crippen molar-refractivity contribution in [3.63, 3.8) is 0 Å². The van der Waals surface area contributed by atoms with Crippen molar-refractivity contribution in [2.75, 3.05) is 0 Å². The summed E-state index contributed by atoms with van der Waals surface area (Å²) in [5.41, 5.74) is 1.54. The zero-order chi connectivity index (χ0) is 11.7. The van der Waals surface area contributed by atoms with Gasteiger partial charge in [-0.1, -0.05) is 11.6 Å². The van der Waals surface area contributed by atoms with E-state index in [2.05, 4.69) is 28.4 Å². The molecule has 0 saturated heterocycles. The van der Waals surface area contributed by atoms with Crippen LogP contribution in [0.3, 0.4) is 0 Å². The smallest absolute Gasteiger partial charge is 0.143 e. The fourth-order valence-corrected chi connectivity index (χ4v) is 2.85. The highest BCUT2D eigenvalue weighted by molar-refractivity contribution is 5.06. The van der Waals surface area contributed by atoms with E-state index in [0.29, 0.717) is 12.1 Å². The molecule has 0 radical (unpaired) electrons. The van der Waals surface area contributed by atoms with Gasteiger partial charge in [-0.05, 0) is 39.0 Å². The van der Waals surface area contributed by atoms with Crippen LogP contribution in [0.25, 0.3) is 0 Å². The van der Waals surface area contributed by atoms with Crippen molar-refractivity contribution < 1.29 is 0 Å². The van der Waals surface area contributed by atoms with Gasteiger partial charge in [-0.2, -0.15) is 5.10 Å². The summed E-state index contributed by atoms with van der Waals surface area (Å²) in [6.45, 7) is 3.25. The summed E-state index contributed by atoms with van der Waals surface area (Å²) in [6, 6.07) is 1.02. The van der Waals surface area contributed by atoms with Crippen molar-refractivity contribution in [2.24, 2.45) is 0 Å². The zero-order valence-corrected chi connectivity index (χ0v) is 10.4. The van der Waals surface area contributed by atoms with Crippen LogP contribution in [0.2, 0.25) is 0 Å². The van der Waals surface area contributed by atoms with Crippen LogP contribution < -0.4 is 5.32 Å². The highest BCUT2D eigenvalue weighted by atomic mass is 15.3. The molecule has 1 aliphatic heterocycles. The summed E-state index contributed by atoms with van der Waals surface area (Å²) in [4.78, 5) is 4.39. The van der Waals surface area contributed by atoms with Gasteiger partial charge in [0.15, 0.2) is 0 Å². The molecule has 0 bridgehead atoms. The van der Waals surface area contributed by atoms with Gasteiger partial charge in [-0.3, -0.25) is 0 Å². The predicted octanol–water partition coefficient (Wildman–Crippen LogP) is 2.20. The third-order valence-corrected chi connectivity index (χ3v) is 3.89. The highest BCUT2D eigenvalue weighted by Gasteiger charge is 2.25. The van der Waals surface area contributed by atoms with E-state index in [4.69, 9.17) is 0 Å². The maximum atomic E-state index is 4.39. The lowest BCUT2D eigenvalue weighted by atomic mass is 9.94. The second-order valence-electron chi connectivity index (χ2n) is 5.22. The standard InChI is InChI=1S/C13H20N4/c1-10-4-6-11(7-5-10)16-12-3-2-8-17-13(12)14-9-15-17/h4,9,11-12,16H,2-3,5-8H2,1H3/t11-,12-/m1/s1. The van der Waals surface area contributed by atoms with Gasteiger partial charge < -0.3 is 5.32 Å². The molecule has 4 heteroatoms. The minimum Gasteiger partial charge on any atom is -0.304 e. The number of nitrogens with zero attached hydrogens (tertiary/aromatic N) is 3. The zero-order valence-electron chi connectivity index (χ0n) is 10.4. The molecule has 0 aromatic carbocycles. The van der Waals surface area contributed by atoms with Gasteiger partial charge >= 0.3 is 0 Å². The van der Waals surface area contributed by atoms with Crippen LogP contribution in [0, 0.1) is 0 Å². The molecular formula is C13H20N4. The second-order valence-corrected chi connectivity index (χ2v) is 5.22. The first-order chi connectivity index (χ1) is 8.33. The Balaban J connectivity index is 1.67. The summed E-state index contributed by atoms with van der Waals surface area (Å²) < 4.78 is 2.05. The first-order valence-corrected chi connectivity index (χ1v) is 6.62. The van der Waals surface area contributed by atoms with E-state index in [9.17, 15) is 0 Å². The van der Waals surface area contributed by atoms with Gasteiger partial charge in [-0.15, -0.1) is 0 Å². The molecule has 0 unspecified atom stereocenters. The number of aryl methyl sites for hydroxylation is 1. The molecule has 2 aliphatic rings. The maximum absolute atomic E-state index is 4.39. The lowest BCUT2D eigenvalue weighted by Crippen LogP contribution is -2.37. The van der Waals surface area contributed by atoms with Crippen LogP contribution >= 0.6 is 0 Å². The number of rotatable bonds is 2. The Morgan fingerprint density at radius 3 is 3.18 bits per heavy atom. The second kappa shape index (κ2) is 4.61. The average Bonchev–Trinajstić information content (AvgIpc) is 2.81. The SMILES string of the molecule is CC1=CC[C@@H](N[C@@H]2CCCn3ncnc32)CC1. The average molecular weight is 232 g/mol. The fraction of sp³-hybridized carbons (Fsp3) is 0.692. The van der Waals surface area contributed by atoms with E-state index in [1.807, 2.05) is 4.68 Å². The van der Waals surface area contributed by atoms with Crippen molar-refractivity contribution in [2.45, 2.75) is 57.7 Å². The minimum atomic E-state index is 0.406. The molecule has 1 aliphatic carbocycles. The molecule has 1 N–H and O–H groups in total. The third kappa shape index (κ3) is 2.27. The minimum absolute atomic E-state index is 0.406. The van der Waals surface area contributed by atoms with Gasteiger partial charge in [0.1, 0.15) is 12.2 Å². The number of hydrogen-bond donors (Lipinski definition) is 1. The van der Waals surface area contributed by atoms with E-state index in [-0.39, 0.29) is 0 Å². The summed E-state index contributed by atoms with van der Waals surface area (Å²) in [5, 5.41) is 8.02. The Morgan fingerprint density at radius 2 is 2.35 bits per heavy atom. The van der Waals surface area contributed by atoms with Crippen LogP contribution in [0.15, 0.2) is 18.0 Å². The van der Waals surface area contributed by atoms with Crippen LogP contribution in [0.5, 0.6) is 0 Å². The number of allylic oxidation sites excluding steroid dienone is 1. The molecule has 0 fully saturated rings. The summed E-state index contributed by atoms with van der Waals surface area (Å²) in [6.07, 6.45) is 10.1. The summed E-state index contributed by atoms with van der Waals surface area (Å²) >= 11 is 0. The van der Waals surface area contributed by atoms with Gasteiger partial charge in [0.2, 0.25) is 0 Å². The van der Waals surface area contributed by atoms with Gasteiger partial charge in [0, 0.05) is 12.6 Å². The lowest BCUT2D eigenvalue weighted by Gasteiger charge is -2.29. The first kappa shape index (κ1) is 11.0. The normalized spacial score (nSPS) is 28.6. The van der Waals surface area contributed by atoms with Crippen molar-refractivity contribution >= 4 is 0 Å². The molecule has 4 nitrogen and oxygen atoms in total. The van der Waals surface area contributed by atoms with Crippen LogP contribution in [0.4, 0.5) is 0 Å². The topological polar surface area (TPSA) is 42.7 Å². The van der Waals surface area contributed by atoms with E-state index in [1.54, 1.807) is 6.33 Å². The summed E-state index contributed by atoms with van der Waals surface area (Å²) in [7, 11) is 0. The Bertz CT molecular complexity index is 421. The Kier molecular flexibility index (Phi) is 2.97. The van der Waals surface area contributed by atoms with Crippen LogP contribution in [-0.2, 0) is 6.54 Å². The molecular weight excluding hydrogens is 212 g/mol. The van der Waals surface area contributed by atoms with Gasteiger partial charge in [-0.25, -0.2) is 9.67 Å². The molecule has 17 heavy (non-hydrogen) atoms. The molecule has 0 saturated carbocycles. The van der Waals surface area contributed by atoms with Crippen molar-refractivity contribution in [3.8, 4) is 0 Å². The number of aromatic nitrogens is 3. The Labute approximate surface area is 102 Å². The van der Waals surface area contributed by atoms with E-state index < -0.39 is 0 Å². The van der Waals surface area contributed by atoms with E-state index in [0.717, 1.165) is 18.8 Å².